The maximum absolute atomic E-state index is 11.9. The molecular formula is C13H11Cl2N3O3S. The van der Waals surface area contributed by atoms with Crippen LogP contribution in [0, 0.1) is 10.1 Å². The second-order valence-electron chi connectivity index (χ2n) is 4.22. The molecule has 0 fully saturated rings. The Morgan fingerprint density at radius 2 is 1.91 bits per heavy atom. The highest BCUT2D eigenvalue weighted by Crippen LogP contribution is 2.30. The third kappa shape index (κ3) is 4.33. The number of anilines is 1. The summed E-state index contributed by atoms with van der Waals surface area (Å²) in [6, 6.07) is 7.56. The van der Waals surface area contributed by atoms with Crippen LogP contribution >= 0.6 is 34.5 Å². The highest BCUT2D eigenvalue weighted by Gasteiger charge is 2.13. The molecule has 0 aliphatic carbocycles. The van der Waals surface area contributed by atoms with Gasteiger partial charge in [-0.15, -0.1) is 11.3 Å². The van der Waals surface area contributed by atoms with Crippen molar-refractivity contribution in [3.63, 3.8) is 0 Å². The number of nitrogens with zero attached hydrogens (tertiary/aromatic N) is 1. The van der Waals surface area contributed by atoms with Gasteiger partial charge >= 0.3 is 0 Å². The number of nitrogens with one attached hydrogen (secondary N) is 2. The predicted octanol–water partition coefficient (Wildman–Crippen LogP) is 3.81. The third-order valence-electron chi connectivity index (χ3n) is 2.72. The van der Waals surface area contributed by atoms with E-state index in [4.69, 9.17) is 23.2 Å². The third-order valence-corrected chi connectivity index (χ3v) is 4.21. The zero-order chi connectivity index (χ0) is 16.1. The van der Waals surface area contributed by atoms with E-state index in [1.165, 1.54) is 18.2 Å². The number of carbonyl (C=O) groups excluding carboxylic acids is 1. The van der Waals surface area contributed by atoms with Crippen LogP contribution in [0.25, 0.3) is 0 Å². The van der Waals surface area contributed by atoms with Crippen molar-refractivity contribution in [2.45, 2.75) is 0 Å². The molecule has 0 aliphatic heterocycles. The van der Waals surface area contributed by atoms with Gasteiger partial charge in [-0.3, -0.25) is 14.9 Å². The predicted molar refractivity (Wildman–Crippen MR) is 88.3 cm³/mol. The zero-order valence-corrected chi connectivity index (χ0v) is 13.5. The maximum Gasteiger partial charge on any atom is 0.269 e. The van der Waals surface area contributed by atoms with Gasteiger partial charge in [0.2, 0.25) is 0 Å². The van der Waals surface area contributed by atoms with E-state index >= 15 is 0 Å². The molecule has 1 heterocycles. The van der Waals surface area contributed by atoms with Crippen molar-refractivity contribution in [3.05, 3.63) is 54.7 Å². The van der Waals surface area contributed by atoms with Crippen molar-refractivity contribution >= 4 is 51.8 Å². The van der Waals surface area contributed by atoms with Crippen LogP contribution in [0.2, 0.25) is 8.67 Å². The van der Waals surface area contributed by atoms with Crippen molar-refractivity contribution in [2.75, 3.05) is 18.4 Å². The van der Waals surface area contributed by atoms with Gasteiger partial charge in [-0.1, -0.05) is 23.2 Å². The quantitative estimate of drug-likeness (QED) is 0.466. The molecule has 1 aromatic heterocycles. The molecule has 2 N–H and O–H groups in total. The first-order valence-electron chi connectivity index (χ1n) is 6.18. The number of rotatable bonds is 6. The lowest BCUT2D eigenvalue weighted by molar-refractivity contribution is -0.384. The minimum atomic E-state index is -0.459. The fourth-order valence-electron chi connectivity index (χ4n) is 1.67. The van der Waals surface area contributed by atoms with Gasteiger partial charge in [-0.25, -0.2) is 0 Å². The van der Waals surface area contributed by atoms with Crippen LogP contribution in [0.1, 0.15) is 10.4 Å². The summed E-state index contributed by atoms with van der Waals surface area (Å²) in [4.78, 5) is 21.9. The van der Waals surface area contributed by atoms with E-state index in [9.17, 15) is 14.9 Å². The Labute approximate surface area is 140 Å². The van der Waals surface area contributed by atoms with Crippen LogP contribution in [-0.4, -0.2) is 23.9 Å². The largest absolute Gasteiger partial charge is 0.383 e. The van der Waals surface area contributed by atoms with Gasteiger partial charge in [0.1, 0.15) is 4.34 Å². The van der Waals surface area contributed by atoms with E-state index in [1.54, 1.807) is 12.1 Å². The first-order chi connectivity index (χ1) is 10.5. The molecule has 9 heteroatoms. The number of non-ortho nitro benzene ring substituents is 1. The number of benzene rings is 1. The van der Waals surface area contributed by atoms with Crippen molar-refractivity contribution < 1.29 is 9.72 Å². The molecule has 22 heavy (non-hydrogen) atoms. The van der Waals surface area contributed by atoms with E-state index < -0.39 is 4.92 Å². The first kappa shape index (κ1) is 16.5. The molecule has 0 aliphatic rings. The highest BCUT2D eigenvalue weighted by molar-refractivity contribution is 7.20. The molecule has 0 bridgehead atoms. The molecule has 0 saturated heterocycles. The smallest absolute Gasteiger partial charge is 0.269 e. The van der Waals surface area contributed by atoms with Crippen LogP contribution in [0.15, 0.2) is 30.3 Å². The summed E-state index contributed by atoms with van der Waals surface area (Å²) in [6.07, 6.45) is 0. The number of hydrogen-bond donors (Lipinski definition) is 2. The number of nitro benzene ring substituents is 1. The topological polar surface area (TPSA) is 84.3 Å². The van der Waals surface area contributed by atoms with Gasteiger partial charge < -0.3 is 10.6 Å². The molecule has 6 nitrogen and oxygen atoms in total. The normalized spacial score (nSPS) is 10.3. The van der Waals surface area contributed by atoms with Gasteiger partial charge in [0.05, 0.1) is 14.8 Å². The van der Waals surface area contributed by atoms with Crippen molar-refractivity contribution in [3.8, 4) is 0 Å². The molecule has 0 saturated carbocycles. The molecule has 2 rings (SSSR count). The van der Waals surface area contributed by atoms with E-state index in [0.717, 1.165) is 17.0 Å². The van der Waals surface area contributed by atoms with Crippen LogP contribution < -0.4 is 10.6 Å². The molecule has 1 aromatic carbocycles. The summed E-state index contributed by atoms with van der Waals surface area (Å²) < 4.78 is 0.810. The Morgan fingerprint density at radius 3 is 2.45 bits per heavy atom. The summed E-state index contributed by atoms with van der Waals surface area (Å²) in [7, 11) is 0. The highest BCUT2D eigenvalue weighted by atomic mass is 35.5. The fourth-order valence-corrected chi connectivity index (χ4v) is 3.13. The first-order valence-corrected chi connectivity index (χ1v) is 7.76. The van der Waals surface area contributed by atoms with Crippen molar-refractivity contribution in [1.29, 1.82) is 0 Å². The van der Waals surface area contributed by atoms with Crippen molar-refractivity contribution in [1.82, 2.24) is 5.32 Å². The lowest BCUT2D eigenvalue weighted by Crippen LogP contribution is -2.28. The molecule has 1 amide bonds. The standard InChI is InChI=1S/C13H11Cl2N3O3S/c14-11-7-10(12(15)22-11)13(19)17-6-5-16-8-1-3-9(4-2-8)18(20)21/h1-4,7,16H,5-6H2,(H,17,19). The Bertz CT molecular complexity index is 688. The van der Waals surface area contributed by atoms with Crippen LogP contribution in [0.4, 0.5) is 11.4 Å². The molecule has 0 radical (unpaired) electrons. The van der Waals surface area contributed by atoms with Gasteiger partial charge in [0.15, 0.2) is 0 Å². The number of carbonyl (C=O) groups is 1. The minimum absolute atomic E-state index is 0.0304. The van der Waals surface area contributed by atoms with Crippen LogP contribution in [0.3, 0.4) is 0 Å². The number of hydrogen-bond acceptors (Lipinski definition) is 5. The second-order valence-corrected chi connectivity index (χ2v) is 6.51. The second kappa shape index (κ2) is 7.44. The molecule has 0 spiro atoms. The Morgan fingerprint density at radius 1 is 1.23 bits per heavy atom. The monoisotopic (exact) mass is 359 g/mol. The Hall–Kier alpha value is -1.83. The molecule has 2 aromatic rings. The van der Waals surface area contributed by atoms with Crippen LogP contribution in [-0.2, 0) is 0 Å². The average Bonchev–Trinajstić information content (AvgIpc) is 2.82. The summed E-state index contributed by atoms with van der Waals surface area (Å²) in [5.74, 6) is -0.293. The average molecular weight is 360 g/mol. The lowest BCUT2D eigenvalue weighted by atomic mass is 10.3. The summed E-state index contributed by atoms with van der Waals surface area (Å²) in [5, 5.41) is 16.3. The number of amides is 1. The molecule has 116 valence electrons. The molecule has 0 atom stereocenters. The molecular weight excluding hydrogens is 349 g/mol. The van der Waals surface area contributed by atoms with Gasteiger partial charge in [0.25, 0.3) is 11.6 Å². The van der Waals surface area contributed by atoms with E-state index in [2.05, 4.69) is 10.6 Å². The van der Waals surface area contributed by atoms with Gasteiger partial charge in [-0.05, 0) is 18.2 Å². The maximum atomic E-state index is 11.9. The van der Waals surface area contributed by atoms with E-state index in [0.29, 0.717) is 27.3 Å². The summed E-state index contributed by atoms with van der Waals surface area (Å²) >= 11 is 12.8. The minimum Gasteiger partial charge on any atom is -0.383 e. The SMILES string of the molecule is O=C(NCCNc1ccc([N+](=O)[O-])cc1)c1cc(Cl)sc1Cl. The number of nitro groups is 1. The van der Waals surface area contributed by atoms with Crippen molar-refractivity contribution in [2.24, 2.45) is 0 Å². The summed E-state index contributed by atoms with van der Waals surface area (Å²) in [6.45, 7) is 0.846. The number of halogens is 2. The Kier molecular flexibility index (Phi) is 5.59. The lowest BCUT2D eigenvalue weighted by Gasteiger charge is -2.07. The zero-order valence-electron chi connectivity index (χ0n) is 11.1. The fraction of sp³-hybridized carbons (Fsp3) is 0.154. The van der Waals surface area contributed by atoms with E-state index in [-0.39, 0.29) is 11.6 Å². The Balaban J connectivity index is 1.78. The molecule has 0 unspecified atom stereocenters. The number of thiophene rings is 1. The summed E-state index contributed by atoms with van der Waals surface area (Å²) in [5.41, 5.74) is 1.12. The van der Waals surface area contributed by atoms with Gasteiger partial charge in [0, 0.05) is 30.9 Å². The van der Waals surface area contributed by atoms with Crippen LogP contribution in [0.5, 0.6) is 0 Å². The van der Waals surface area contributed by atoms with Gasteiger partial charge in [-0.2, -0.15) is 0 Å². The van der Waals surface area contributed by atoms with E-state index in [1.807, 2.05) is 0 Å².